The van der Waals surface area contributed by atoms with Gasteiger partial charge in [-0.25, -0.2) is 4.79 Å². The molecule has 0 spiro atoms. The minimum atomic E-state index is -0.483. The van der Waals surface area contributed by atoms with Crippen LogP contribution in [0.1, 0.15) is 36.0 Å². The molecule has 1 fully saturated rings. The number of hydrogen-bond donors (Lipinski definition) is 2. The Hall–Kier alpha value is -2.67. The smallest absolute Gasteiger partial charge is 0.338 e. The summed E-state index contributed by atoms with van der Waals surface area (Å²) in [5.41, 5.74) is 1.16. The predicted molar refractivity (Wildman–Crippen MR) is 89.6 cm³/mol. The van der Waals surface area contributed by atoms with Crippen LogP contribution in [0, 0.1) is 0 Å². The predicted octanol–water partition coefficient (Wildman–Crippen LogP) is 1.44. The number of aliphatic hydroxyl groups is 1. The highest BCUT2D eigenvalue weighted by Crippen LogP contribution is 2.23. The second-order valence-corrected chi connectivity index (χ2v) is 6.09. The first-order chi connectivity index (χ1) is 12.1. The molecule has 0 bridgehead atoms. The number of hydrogen-bond acceptors (Lipinski definition) is 6. The number of nitrogens with one attached hydrogen (secondary N) is 1. The number of esters is 1. The monoisotopic (exact) mass is 344 g/mol. The van der Waals surface area contributed by atoms with E-state index in [1.807, 2.05) is 0 Å². The highest BCUT2D eigenvalue weighted by atomic mass is 16.5. The van der Waals surface area contributed by atoms with Crippen molar-refractivity contribution in [3.63, 3.8) is 0 Å². The Kier molecular flexibility index (Phi) is 5.14. The number of nitrogens with zero attached hydrogens (tertiary/aromatic N) is 1. The molecule has 0 saturated heterocycles. The zero-order valence-corrected chi connectivity index (χ0v) is 13.7. The van der Waals surface area contributed by atoms with Gasteiger partial charge in [0.2, 0.25) is 0 Å². The summed E-state index contributed by atoms with van der Waals surface area (Å²) in [6.45, 7) is -0.318. The third-order valence-corrected chi connectivity index (χ3v) is 4.31. The van der Waals surface area contributed by atoms with Crippen LogP contribution in [-0.2, 0) is 14.3 Å². The standard InChI is InChI=1S/C18H20N2O5/c21-10-9-20-16(22)11-15(17(20)23)19-13-7-5-12(6-8-13)18(24)25-14-3-1-2-4-14/h5-8,11,14,19,21H,1-4,9-10H2. The summed E-state index contributed by atoms with van der Waals surface area (Å²) in [5, 5.41) is 11.8. The first-order valence-electron chi connectivity index (χ1n) is 8.35. The molecule has 1 saturated carbocycles. The van der Waals surface area contributed by atoms with Crippen molar-refractivity contribution in [1.82, 2.24) is 4.90 Å². The summed E-state index contributed by atoms with van der Waals surface area (Å²) in [6.07, 6.45) is 5.22. The molecular formula is C18H20N2O5. The van der Waals surface area contributed by atoms with Gasteiger partial charge in [0.15, 0.2) is 0 Å². The van der Waals surface area contributed by atoms with Crippen LogP contribution in [-0.4, -0.2) is 47.0 Å². The first kappa shape index (κ1) is 17.2. The number of imide groups is 1. The molecule has 7 heteroatoms. The van der Waals surface area contributed by atoms with Crippen LogP contribution < -0.4 is 5.32 Å². The third-order valence-electron chi connectivity index (χ3n) is 4.31. The van der Waals surface area contributed by atoms with Gasteiger partial charge in [-0.15, -0.1) is 0 Å². The summed E-state index contributed by atoms with van der Waals surface area (Å²) in [7, 11) is 0. The highest BCUT2D eigenvalue weighted by Gasteiger charge is 2.30. The Labute approximate surface area is 145 Å². The first-order valence-corrected chi connectivity index (χ1v) is 8.35. The van der Waals surface area contributed by atoms with Crippen molar-refractivity contribution < 1.29 is 24.2 Å². The van der Waals surface area contributed by atoms with Crippen LogP contribution in [0.3, 0.4) is 0 Å². The van der Waals surface area contributed by atoms with Crippen molar-refractivity contribution in [3.8, 4) is 0 Å². The van der Waals surface area contributed by atoms with Crippen molar-refractivity contribution in [2.24, 2.45) is 0 Å². The lowest BCUT2D eigenvalue weighted by Crippen LogP contribution is -2.34. The average Bonchev–Trinajstić information content (AvgIpc) is 3.20. The Morgan fingerprint density at radius 1 is 1.20 bits per heavy atom. The van der Waals surface area contributed by atoms with E-state index in [0.29, 0.717) is 11.3 Å². The lowest BCUT2D eigenvalue weighted by Gasteiger charge is -2.14. The molecule has 1 aliphatic carbocycles. The summed E-state index contributed by atoms with van der Waals surface area (Å²) < 4.78 is 5.44. The van der Waals surface area contributed by atoms with Gasteiger partial charge >= 0.3 is 5.97 Å². The van der Waals surface area contributed by atoms with Gasteiger partial charge in [0, 0.05) is 11.8 Å². The molecule has 0 aromatic heterocycles. The largest absolute Gasteiger partial charge is 0.459 e. The Morgan fingerprint density at radius 3 is 2.52 bits per heavy atom. The molecule has 3 rings (SSSR count). The number of β-amino-alcohol motifs (C(OH)–C–C–N with tert-alkyl or cyclic N) is 1. The maximum atomic E-state index is 12.1. The van der Waals surface area contributed by atoms with E-state index in [-0.39, 0.29) is 30.9 Å². The summed E-state index contributed by atoms with van der Waals surface area (Å²) in [6, 6.07) is 6.54. The number of carbonyl (C=O) groups excluding carboxylic acids is 3. The van der Waals surface area contributed by atoms with Crippen molar-refractivity contribution >= 4 is 23.5 Å². The van der Waals surface area contributed by atoms with E-state index >= 15 is 0 Å². The molecular weight excluding hydrogens is 324 g/mol. The Bertz CT molecular complexity index is 705. The zero-order chi connectivity index (χ0) is 17.8. The van der Waals surface area contributed by atoms with E-state index < -0.39 is 11.8 Å². The van der Waals surface area contributed by atoms with Gasteiger partial charge in [0.05, 0.1) is 18.7 Å². The number of aliphatic hydroxyl groups excluding tert-OH is 1. The number of amides is 2. The van der Waals surface area contributed by atoms with Gasteiger partial charge < -0.3 is 15.2 Å². The molecule has 7 nitrogen and oxygen atoms in total. The molecule has 2 aliphatic rings. The molecule has 1 aliphatic heterocycles. The third kappa shape index (κ3) is 3.88. The Balaban J connectivity index is 1.61. The number of benzene rings is 1. The van der Waals surface area contributed by atoms with Crippen molar-refractivity contribution in [2.75, 3.05) is 18.5 Å². The molecule has 1 heterocycles. The van der Waals surface area contributed by atoms with E-state index in [2.05, 4.69) is 5.32 Å². The van der Waals surface area contributed by atoms with Gasteiger partial charge in [-0.3, -0.25) is 14.5 Å². The van der Waals surface area contributed by atoms with Crippen molar-refractivity contribution in [3.05, 3.63) is 41.6 Å². The number of carbonyl (C=O) groups is 3. The van der Waals surface area contributed by atoms with Crippen LogP contribution in [0.4, 0.5) is 5.69 Å². The quantitative estimate of drug-likeness (QED) is 0.599. The van der Waals surface area contributed by atoms with Crippen LogP contribution in [0.5, 0.6) is 0 Å². The highest BCUT2D eigenvalue weighted by molar-refractivity contribution is 6.17. The summed E-state index contributed by atoms with van der Waals surface area (Å²) >= 11 is 0. The molecule has 0 unspecified atom stereocenters. The second kappa shape index (κ2) is 7.48. The fraction of sp³-hybridized carbons (Fsp3) is 0.389. The lowest BCUT2D eigenvalue weighted by atomic mass is 10.2. The lowest BCUT2D eigenvalue weighted by molar-refractivity contribution is -0.137. The minimum Gasteiger partial charge on any atom is -0.459 e. The van der Waals surface area contributed by atoms with Gasteiger partial charge in [-0.05, 0) is 49.9 Å². The van der Waals surface area contributed by atoms with Gasteiger partial charge in [-0.2, -0.15) is 0 Å². The van der Waals surface area contributed by atoms with E-state index in [0.717, 1.165) is 30.6 Å². The fourth-order valence-corrected chi connectivity index (χ4v) is 2.98. The number of rotatable bonds is 6. The van der Waals surface area contributed by atoms with Crippen LogP contribution in [0.15, 0.2) is 36.0 Å². The van der Waals surface area contributed by atoms with Crippen LogP contribution in [0.2, 0.25) is 0 Å². The minimum absolute atomic E-state index is 0.00934. The van der Waals surface area contributed by atoms with Crippen molar-refractivity contribution in [1.29, 1.82) is 0 Å². The van der Waals surface area contributed by atoms with E-state index in [1.54, 1.807) is 24.3 Å². The average molecular weight is 344 g/mol. The van der Waals surface area contributed by atoms with E-state index in [9.17, 15) is 14.4 Å². The maximum Gasteiger partial charge on any atom is 0.338 e. The maximum absolute atomic E-state index is 12.1. The molecule has 2 amide bonds. The topological polar surface area (TPSA) is 95.9 Å². The molecule has 2 N–H and O–H groups in total. The molecule has 0 atom stereocenters. The molecule has 1 aromatic carbocycles. The molecule has 0 radical (unpaired) electrons. The summed E-state index contributed by atoms with van der Waals surface area (Å²) in [4.78, 5) is 36.8. The Morgan fingerprint density at radius 2 is 1.88 bits per heavy atom. The summed E-state index contributed by atoms with van der Waals surface area (Å²) in [5.74, 6) is -1.29. The van der Waals surface area contributed by atoms with E-state index in [1.165, 1.54) is 6.08 Å². The number of anilines is 1. The zero-order valence-electron chi connectivity index (χ0n) is 13.7. The van der Waals surface area contributed by atoms with E-state index in [4.69, 9.17) is 9.84 Å². The number of ether oxygens (including phenoxy) is 1. The second-order valence-electron chi connectivity index (χ2n) is 6.09. The van der Waals surface area contributed by atoms with Gasteiger partial charge in [0.25, 0.3) is 11.8 Å². The molecule has 132 valence electrons. The normalized spacial score (nSPS) is 17.8. The van der Waals surface area contributed by atoms with Crippen molar-refractivity contribution in [2.45, 2.75) is 31.8 Å². The SMILES string of the molecule is O=C(OC1CCCC1)c1ccc(NC2=CC(=O)N(CCO)C2=O)cc1. The molecule has 25 heavy (non-hydrogen) atoms. The fourth-order valence-electron chi connectivity index (χ4n) is 2.98. The van der Waals surface area contributed by atoms with Crippen LogP contribution >= 0.6 is 0 Å². The molecule has 1 aromatic rings. The van der Waals surface area contributed by atoms with Gasteiger partial charge in [-0.1, -0.05) is 0 Å². The van der Waals surface area contributed by atoms with Gasteiger partial charge in [0.1, 0.15) is 11.8 Å². The van der Waals surface area contributed by atoms with Crippen LogP contribution in [0.25, 0.3) is 0 Å².